The van der Waals surface area contributed by atoms with E-state index in [9.17, 15) is 9.59 Å². The van der Waals surface area contributed by atoms with E-state index in [0.29, 0.717) is 45.5 Å². The zero-order valence-electron chi connectivity index (χ0n) is 16.9. The first-order chi connectivity index (χ1) is 13.0. The maximum atomic E-state index is 11.9. The van der Waals surface area contributed by atoms with Gasteiger partial charge in [-0.05, 0) is 38.0 Å². The first-order valence-corrected chi connectivity index (χ1v) is 9.59. The lowest BCUT2D eigenvalue weighted by Crippen LogP contribution is -2.42. The maximum absolute atomic E-state index is 11.9. The highest BCUT2D eigenvalue weighted by molar-refractivity contribution is 14.0. The van der Waals surface area contributed by atoms with E-state index in [-0.39, 0.29) is 35.8 Å². The summed E-state index contributed by atoms with van der Waals surface area (Å²) in [5, 5.41) is 3.26. The molecule has 1 aliphatic rings. The van der Waals surface area contributed by atoms with Crippen molar-refractivity contribution in [2.45, 2.75) is 39.7 Å². The molecule has 2 amide bonds. The summed E-state index contributed by atoms with van der Waals surface area (Å²) in [5.74, 6) is 1.44. The Morgan fingerprint density at radius 1 is 1.18 bits per heavy atom. The number of amides is 2. The van der Waals surface area contributed by atoms with Gasteiger partial charge in [0, 0.05) is 39.5 Å². The molecule has 0 bridgehead atoms. The SMILES string of the molecule is CCNC(=NCCN1C(=O)CCCC1=O)N(C)Cc1ccc(OCC)cc1.I. The van der Waals surface area contributed by atoms with Gasteiger partial charge in [-0.3, -0.25) is 19.5 Å². The first kappa shape index (κ1) is 24.2. The number of hydrogen-bond acceptors (Lipinski definition) is 4. The molecule has 28 heavy (non-hydrogen) atoms. The molecule has 0 spiro atoms. The number of nitrogens with one attached hydrogen (secondary N) is 1. The highest BCUT2D eigenvalue weighted by Gasteiger charge is 2.25. The summed E-state index contributed by atoms with van der Waals surface area (Å²) >= 11 is 0. The monoisotopic (exact) mass is 502 g/mol. The first-order valence-electron chi connectivity index (χ1n) is 9.59. The molecule has 0 saturated carbocycles. The Morgan fingerprint density at radius 2 is 1.82 bits per heavy atom. The molecule has 1 saturated heterocycles. The number of carbonyl (C=O) groups is 2. The zero-order valence-corrected chi connectivity index (χ0v) is 19.3. The molecule has 0 radical (unpaired) electrons. The molecule has 0 aliphatic carbocycles. The quantitative estimate of drug-likeness (QED) is 0.256. The van der Waals surface area contributed by atoms with Crippen LogP contribution in [0.15, 0.2) is 29.3 Å². The second kappa shape index (κ2) is 12.6. The van der Waals surface area contributed by atoms with Crippen LogP contribution < -0.4 is 10.1 Å². The Hall–Kier alpha value is -1.84. The summed E-state index contributed by atoms with van der Waals surface area (Å²) < 4.78 is 5.47. The van der Waals surface area contributed by atoms with Gasteiger partial charge in [0.15, 0.2) is 5.96 Å². The average Bonchev–Trinajstić information content (AvgIpc) is 2.65. The van der Waals surface area contributed by atoms with Crippen molar-refractivity contribution >= 4 is 41.8 Å². The fraction of sp³-hybridized carbons (Fsp3) is 0.550. The molecule has 0 aromatic heterocycles. The van der Waals surface area contributed by atoms with E-state index in [1.165, 1.54) is 4.90 Å². The molecule has 1 N–H and O–H groups in total. The van der Waals surface area contributed by atoms with Gasteiger partial charge in [0.2, 0.25) is 11.8 Å². The van der Waals surface area contributed by atoms with Crippen LogP contribution in [0.3, 0.4) is 0 Å². The van der Waals surface area contributed by atoms with Gasteiger partial charge in [-0.2, -0.15) is 0 Å². The molecular formula is C20H31IN4O3. The van der Waals surface area contributed by atoms with Crippen molar-refractivity contribution in [2.24, 2.45) is 4.99 Å². The Balaban J connectivity index is 0.00000392. The molecule has 2 rings (SSSR count). The van der Waals surface area contributed by atoms with Gasteiger partial charge in [0.25, 0.3) is 0 Å². The summed E-state index contributed by atoms with van der Waals surface area (Å²) in [6.07, 6.45) is 1.56. The zero-order chi connectivity index (χ0) is 19.6. The minimum atomic E-state index is -0.0887. The van der Waals surface area contributed by atoms with E-state index >= 15 is 0 Å². The summed E-state index contributed by atoms with van der Waals surface area (Å²) in [4.78, 5) is 31.7. The van der Waals surface area contributed by atoms with Crippen molar-refractivity contribution in [3.8, 4) is 5.75 Å². The van der Waals surface area contributed by atoms with Crippen LogP contribution in [-0.4, -0.2) is 60.9 Å². The molecule has 7 nitrogen and oxygen atoms in total. The maximum Gasteiger partial charge on any atom is 0.229 e. The Bertz CT molecular complexity index is 648. The molecule has 8 heteroatoms. The minimum absolute atomic E-state index is 0. The van der Waals surface area contributed by atoms with Crippen molar-refractivity contribution in [2.75, 3.05) is 33.3 Å². The van der Waals surface area contributed by atoms with Gasteiger partial charge >= 0.3 is 0 Å². The average molecular weight is 502 g/mol. The number of nitrogens with zero attached hydrogens (tertiary/aromatic N) is 3. The lowest BCUT2D eigenvalue weighted by atomic mass is 10.1. The molecule has 1 fully saturated rings. The van der Waals surface area contributed by atoms with E-state index in [1.807, 2.05) is 50.1 Å². The van der Waals surface area contributed by atoms with Crippen molar-refractivity contribution in [1.82, 2.24) is 15.1 Å². The predicted octanol–water partition coefficient (Wildman–Crippen LogP) is 2.64. The summed E-state index contributed by atoms with van der Waals surface area (Å²) in [6.45, 7) is 6.80. The lowest BCUT2D eigenvalue weighted by Gasteiger charge is -2.25. The van der Waals surface area contributed by atoms with E-state index in [4.69, 9.17) is 4.74 Å². The molecule has 0 atom stereocenters. The fourth-order valence-electron chi connectivity index (χ4n) is 2.98. The number of ether oxygens (including phenoxy) is 1. The van der Waals surface area contributed by atoms with E-state index in [2.05, 4.69) is 10.3 Å². The normalized spacial score (nSPS) is 14.5. The third-order valence-corrected chi connectivity index (χ3v) is 4.32. The van der Waals surface area contributed by atoms with Crippen molar-refractivity contribution in [3.63, 3.8) is 0 Å². The summed E-state index contributed by atoms with van der Waals surface area (Å²) in [6, 6.07) is 8.00. The van der Waals surface area contributed by atoms with Gasteiger partial charge in [-0.25, -0.2) is 0 Å². The highest BCUT2D eigenvalue weighted by Crippen LogP contribution is 2.14. The number of benzene rings is 1. The number of likely N-dealkylation sites (tertiary alicyclic amines) is 1. The van der Waals surface area contributed by atoms with Crippen molar-refractivity contribution < 1.29 is 14.3 Å². The fourth-order valence-corrected chi connectivity index (χ4v) is 2.98. The smallest absolute Gasteiger partial charge is 0.229 e. The molecule has 1 aliphatic heterocycles. The van der Waals surface area contributed by atoms with Crippen LogP contribution in [0.5, 0.6) is 5.75 Å². The molecule has 1 aromatic carbocycles. The molecule has 0 unspecified atom stereocenters. The van der Waals surface area contributed by atoms with Crippen LogP contribution in [0.1, 0.15) is 38.7 Å². The topological polar surface area (TPSA) is 74.2 Å². The number of halogens is 1. The lowest BCUT2D eigenvalue weighted by molar-refractivity contribution is -0.147. The van der Waals surface area contributed by atoms with Crippen LogP contribution in [0.25, 0.3) is 0 Å². The Morgan fingerprint density at radius 3 is 2.39 bits per heavy atom. The van der Waals surface area contributed by atoms with Gasteiger partial charge in [0.1, 0.15) is 5.75 Å². The van der Waals surface area contributed by atoms with E-state index in [0.717, 1.165) is 23.8 Å². The van der Waals surface area contributed by atoms with Crippen LogP contribution >= 0.6 is 24.0 Å². The van der Waals surface area contributed by atoms with Crippen LogP contribution in [-0.2, 0) is 16.1 Å². The van der Waals surface area contributed by atoms with Crippen LogP contribution in [0.4, 0.5) is 0 Å². The molecule has 156 valence electrons. The van der Waals surface area contributed by atoms with Crippen molar-refractivity contribution in [3.05, 3.63) is 29.8 Å². The molecule has 1 heterocycles. The molecule has 1 aromatic rings. The van der Waals surface area contributed by atoms with Gasteiger partial charge in [-0.1, -0.05) is 12.1 Å². The largest absolute Gasteiger partial charge is 0.494 e. The molecular weight excluding hydrogens is 471 g/mol. The second-order valence-electron chi connectivity index (χ2n) is 6.46. The Labute approximate surface area is 184 Å². The van der Waals surface area contributed by atoms with Gasteiger partial charge in [-0.15, -0.1) is 24.0 Å². The van der Waals surface area contributed by atoms with Crippen molar-refractivity contribution in [1.29, 1.82) is 0 Å². The Kier molecular flexibility index (Phi) is 10.9. The number of imide groups is 1. The van der Waals surface area contributed by atoms with Gasteiger partial charge < -0.3 is 15.0 Å². The number of piperidine rings is 1. The third-order valence-electron chi connectivity index (χ3n) is 4.32. The van der Waals surface area contributed by atoms with Gasteiger partial charge in [0.05, 0.1) is 13.2 Å². The highest BCUT2D eigenvalue weighted by atomic mass is 127. The number of carbonyl (C=O) groups excluding carboxylic acids is 2. The predicted molar refractivity (Wildman–Crippen MR) is 121 cm³/mol. The second-order valence-corrected chi connectivity index (χ2v) is 6.46. The minimum Gasteiger partial charge on any atom is -0.494 e. The number of aliphatic imine (C=N–C) groups is 1. The number of guanidine groups is 1. The van der Waals surface area contributed by atoms with Crippen LogP contribution in [0, 0.1) is 0 Å². The third kappa shape index (κ3) is 7.29. The standard InChI is InChI=1S/C20H30N4O3.HI/c1-4-21-20(22-13-14-24-18(25)7-6-8-19(24)26)23(3)15-16-9-11-17(12-10-16)27-5-2;/h9-12H,4-8,13-15H2,1-3H3,(H,21,22);1H. The van der Waals surface area contributed by atoms with E-state index in [1.54, 1.807) is 0 Å². The summed E-state index contributed by atoms with van der Waals surface area (Å²) in [7, 11) is 1.97. The summed E-state index contributed by atoms with van der Waals surface area (Å²) in [5.41, 5.74) is 1.15. The van der Waals surface area contributed by atoms with E-state index < -0.39 is 0 Å². The van der Waals surface area contributed by atoms with Crippen LogP contribution in [0.2, 0.25) is 0 Å². The number of hydrogen-bond donors (Lipinski definition) is 1. The number of rotatable bonds is 8.